The van der Waals surface area contributed by atoms with Gasteiger partial charge in [-0.15, -0.1) is 0 Å². The molecule has 0 aromatic heterocycles. The van der Waals surface area contributed by atoms with E-state index in [0.29, 0.717) is 17.7 Å². The van der Waals surface area contributed by atoms with Gasteiger partial charge in [-0.1, -0.05) is 0 Å². The minimum absolute atomic E-state index is 0.0330. The molecule has 1 N–H and O–H groups in total. The topological polar surface area (TPSA) is 56.1 Å². The second-order valence-corrected chi connectivity index (χ2v) is 4.66. The van der Waals surface area contributed by atoms with Crippen molar-refractivity contribution in [3.8, 4) is 6.07 Å². The average Bonchev–Trinajstić information content (AvgIpc) is 2.88. The maximum atomic E-state index is 13.7. The first-order chi connectivity index (χ1) is 9.15. The van der Waals surface area contributed by atoms with Gasteiger partial charge in [0, 0.05) is 19.2 Å². The van der Waals surface area contributed by atoms with Crippen molar-refractivity contribution < 1.29 is 9.18 Å². The Morgan fingerprint density at radius 2 is 2.42 bits per heavy atom. The normalized spacial score (nSPS) is 19.1. The van der Waals surface area contributed by atoms with Crippen LogP contribution in [0.5, 0.6) is 0 Å². The summed E-state index contributed by atoms with van der Waals surface area (Å²) in [6.07, 6.45) is 1.72. The number of nitrogens with one attached hydrogen (secondary N) is 1. The number of benzene rings is 1. The van der Waals surface area contributed by atoms with Crippen LogP contribution in [0.3, 0.4) is 0 Å². The third-order valence-corrected chi connectivity index (χ3v) is 3.46. The van der Waals surface area contributed by atoms with Crippen LogP contribution >= 0.6 is 0 Å². The van der Waals surface area contributed by atoms with E-state index in [1.54, 1.807) is 13.1 Å². The quantitative estimate of drug-likeness (QED) is 0.895. The molecule has 1 aliphatic rings. The number of nitriles is 1. The summed E-state index contributed by atoms with van der Waals surface area (Å²) >= 11 is 0. The molecule has 1 atom stereocenters. The van der Waals surface area contributed by atoms with Crippen LogP contribution in [0, 0.1) is 17.1 Å². The molecule has 100 valence electrons. The molecule has 1 amide bonds. The zero-order chi connectivity index (χ0) is 13.8. The molecule has 1 aromatic carbocycles. The van der Waals surface area contributed by atoms with Gasteiger partial charge >= 0.3 is 0 Å². The van der Waals surface area contributed by atoms with Crippen molar-refractivity contribution in [3.63, 3.8) is 0 Å². The fourth-order valence-electron chi connectivity index (χ4n) is 2.46. The lowest BCUT2D eigenvalue weighted by atomic mass is 10.1. The van der Waals surface area contributed by atoms with Crippen LogP contribution in [0.15, 0.2) is 18.2 Å². The van der Waals surface area contributed by atoms with Gasteiger partial charge in [0.25, 0.3) is 0 Å². The molecule has 1 unspecified atom stereocenters. The lowest BCUT2D eigenvalue weighted by molar-refractivity contribution is -0.125. The third-order valence-electron chi connectivity index (χ3n) is 3.46. The number of rotatable bonds is 3. The fraction of sp³-hybridized carbons (Fsp3) is 0.429. The Morgan fingerprint density at radius 1 is 1.63 bits per heavy atom. The highest BCUT2D eigenvalue weighted by molar-refractivity contribution is 5.81. The van der Waals surface area contributed by atoms with Crippen molar-refractivity contribution in [3.05, 3.63) is 35.1 Å². The van der Waals surface area contributed by atoms with Crippen LogP contribution in [0.4, 0.5) is 4.39 Å². The molecule has 1 fully saturated rings. The van der Waals surface area contributed by atoms with E-state index in [1.165, 1.54) is 12.1 Å². The number of likely N-dealkylation sites (N-methyl/N-ethyl adjacent to an activating group) is 1. The predicted octanol–water partition coefficient (Wildman–Crippen LogP) is 1.41. The van der Waals surface area contributed by atoms with Crippen LogP contribution in [-0.2, 0) is 11.3 Å². The second kappa shape index (κ2) is 5.81. The molecule has 5 heteroatoms. The molecule has 0 saturated carbocycles. The van der Waals surface area contributed by atoms with Crippen LogP contribution in [-0.4, -0.2) is 30.4 Å². The van der Waals surface area contributed by atoms with Gasteiger partial charge in [0.1, 0.15) is 5.82 Å². The summed E-state index contributed by atoms with van der Waals surface area (Å²) in [4.78, 5) is 13.7. The van der Waals surface area contributed by atoms with E-state index < -0.39 is 0 Å². The van der Waals surface area contributed by atoms with Gasteiger partial charge in [-0.3, -0.25) is 9.69 Å². The number of carbonyl (C=O) groups is 1. The number of halogens is 1. The second-order valence-electron chi connectivity index (χ2n) is 4.66. The Labute approximate surface area is 111 Å². The zero-order valence-electron chi connectivity index (χ0n) is 10.8. The average molecular weight is 261 g/mol. The smallest absolute Gasteiger partial charge is 0.237 e. The molecule has 19 heavy (non-hydrogen) atoms. The van der Waals surface area contributed by atoms with Gasteiger partial charge in [-0.25, -0.2) is 4.39 Å². The number of amides is 1. The van der Waals surface area contributed by atoms with Crippen LogP contribution in [0.25, 0.3) is 0 Å². The lowest BCUT2D eigenvalue weighted by Gasteiger charge is -2.23. The van der Waals surface area contributed by atoms with E-state index in [-0.39, 0.29) is 17.8 Å². The van der Waals surface area contributed by atoms with Crippen molar-refractivity contribution in [2.45, 2.75) is 25.4 Å². The van der Waals surface area contributed by atoms with Crippen molar-refractivity contribution >= 4 is 5.91 Å². The molecule has 1 aromatic rings. The summed E-state index contributed by atoms with van der Waals surface area (Å²) < 4.78 is 13.7. The number of hydrogen-bond acceptors (Lipinski definition) is 3. The van der Waals surface area contributed by atoms with E-state index in [9.17, 15) is 9.18 Å². The summed E-state index contributed by atoms with van der Waals surface area (Å²) in [5.41, 5.74) is 0.905. The summed E-state index contributed by atoms with van der Waals surface area (Å²) in [5.74, 6) is -0.365. The maximum absolute atomic E-state index is 13.7. The molecule has 0 bridgehead atoms. The highest BCUT2D eigenvalue weighted by Gasteiger charge is 2.30. The van der Waals surface area contributed by atoms with Gasteiger partial charge < -0.3 is 5.32 Å². The fourth-order valence-corrected chi connectivity index (χ4v) is 2.46. The molecule has 1 aliphatic heterocycles. The van der Waals surface area contributed by atoms with Crippen LogP contribution in [0.2, 0.25) is 0 Å². The molecule has 4 nitrogen and oxygen atoms in total. The van der Waals surface area contributed by atoms with Crippen LogP contribution in [0.1, 0.15) is 24.0 Å². The summed E-state index contributed by atoms with van der Waals surface area (Å²) in [7, 11) is 1.61. The van der Waals surface area contributed by atoms with Crippen molar-refractivity contribution in [2.24, 2.45) is 0 Å². The molecular weight excluding hydrogens is 245 g/mol. The van der Waals surface area contributed by atoms with Gasteiger partial charge in [-0.05, 0) is 37.6 Å². The van der Waals surface area contributed by atoms with Gasteiger partial charge in [-0.2, -0.15) is 5.26 Å². The minimum Gasteiger partial charge on any atom is -0.358 e. The Balaban J connectivity index is 2.16. The van der Waals surface area contributed by atoms with E-state index in [1.807, 2.05) is 11.0 Å². The Morgan fingerprint density at radius 3 is 3.11 bits per heavy atom. The first-order valence-corrected chi connectivity index (χ1v) is 6.30. The highest BCUT2D eigenvalue weighted by Crippen LogP contribution is 2.22. The Kier molecular flexibility index (Phi) is 4.13. The third kappa shape index (κ3) is 2.91. The standard InChI is InChI=1S/C14H16FN3O/c1-17-14(19)13-3-2-6-18(13)9-11-7-10(8-16)4-5-12(11)15/h4-5,7,13H,2-3,6,9H2,1H3,(H,17,19). The first-order valence-electron chi connectivity index (χ1n) is 6.30. The monoisotopic (exact) mass is 261 g/mol. The molecule has 0 spiro atoms. The molecule has 1 saturated heterocycles. The highest BCUT2D eigenvalue weighted by atomic mass is 19.1. The number of hydrogen-bond donors (Lipinski definition) is 1. The largest absolute Gasteiger partial charge is 0.358 e. The summed E-state index contributed by atoms with van der Waals surface area (Å²) in [6, 6.07) is 6.11. The molecule has 0 aliphatic carbocycles. The molecule has 0 radical (unpaired) electrons. The molecule has 1 heterocycles. The first kappa shape index (κ1) is 13.5. The van der Waals surface area contributed by atoms with E-state index >= 15 is 0 Å². The van der Waals surface area contributed by atoms with E-state index in [4.69, 9.17) is 5.26 Å². The summed E-state index contributed by atoms with van der Waals surface area (Å²) in [5, 5.41) is 11.5. The number of carbonyl (C=O) groups excluding carboxylic acids is 1. The van der Waals surface area contributed by atoms with Crippen LogP contribution < -0.4 is 5.32 Å². The number of likely N-dealkylation sites (tertiary alicyclic amines) is 1. The van der Waals surface area contributed by atoms with Gasteiger partial charge in [0.2, 0.25) is 5.91 Å². The van der Waals surface area contributed by atoms with E-state index in [0.717, 1.165) is 19.4 Å². The Bertz CT molecular complexity index is 524. The van der Waals surface area contributed by atoms with E-state index in [2.05, 4.69) is 5.32 Å². The van der Waals surface area contributed by atoms with Crippen molar-refractivity contribution in [2.75, 3.05) is 13.6 Å². The SMILES string of the molecule is CNC(=O)C1CCCN1Cc1cc(C#N)ccc1F. The predicted molar refractivity (Wildman–Crippen MR) is 68.6 cm³/mol. The Hall–Kier alpha value is -1.93. The zero-order valence-corrected chi connectivity index (χ0v) is 10.8. The molecular formula is C14H16FN3O. The van der Waals surface area contributed by atoms with Crippen molar-refractivity contribution in [1.29, 1.82) is 5.26 Å². The molecule has 2 rings (SSSR count). The summed E-state index contributed by atoms with van der Waals surface area (Å²) in [6.45, 7) is 1.13. The van der Waals surface area contributed by atoms with Gasteiger partial charge in [0.15, 0.2) is 0 Å². The minimum atomic E-state index is -0.332. The maximum Gasteiger partial charge on any atom is 0.237 e. The van der Waals surface area contributed by atoms with Gasteiger partial charge in [0.05, 0.1) is 17.7 Å². The number of nitrogens with zero attached hydrogens (tertiary/aromatic N) is 2. The van der Waals surface area contributed by atoms with Crippen molar-refractivity contribution in [1.82, 2.24) is 10.2 Å². The lowest BCUT2D eigenvalue weighted by Crippen LogP contribution is -2.41.